The van der Waals surface area contributed by atoms with Crippen molar-refractivity contribution in [2.45, 2.75) is 20.8 Å². The van der Waals surface area contributed by atoms with E-state index < -0.39 is 0 Å². The quantitative estimate of drug-likeness (QED) is 0.360. The van der Waals surface area contributed by atoms with Gasteiger partial charge in [0.1, 0.15) is 0 Å². The standard InChI is InChI=1S/C8H12N2O/c1-5-4-9-6(2)8(5)7(3)10-11/h4,9,11H,1-3H3/b10-7+. The Labute approximate surface area is 65.7 Å². The lowest BCUT2D eigenvalue weighted by atomic mass is 10.1. The summed E-state index contributed by atoms with van der Waals surface area (Å²) in [6.45, 7) is 5.72. The number of H-pyrrole nitrogens is 1. The first-order valence-electron chi connectivity index (χ1n) is 3.50. The second-order valence-electron chi connectivity index (χ2n) is 2.66. The molecule has 0 radical (unpaired) electrons. The first kappa shape index (κ1) is 7.85. The highest BCUT2D eigenvalue weighted by Crippen LogP contribution is 2.12. The van der Waals surface area contributed by atoms with E-state index in [1.165, 1.54) is 0 Å². The average molecular weight is 152 g/mol. The molecule has 3 heteroatoms. The average Bonchev–Trinajstić information content (AvgIpc) is 2.30. The van der Waals surface area contributed by atoms with Crippen molar-refractivity contribution < 1.29 is 5.21 Å². The largest absolute Gasteiger partial charge is 0.411 e. The van der Waals surface area contributed by atoms with E-state index in [-0.39, 0.29) is 0 Å². The van der Waals surface area contributed by atoms with Crippen LogP contribution in [0.2, 0.25) is 0 Å². The molecule has 1 rings (SSSR count). The molecule has 0 aliphatic carbocycles. The van der Waals surface area contributed by atoms with Crippen LogP contribution >= 0.6 is 0 Å². The Morgan fingerprint density at radius 3 is 2.55 bits per heavy atom. The van der Waals surface area contributed by atoms with Crippen LogP contribution in [0.5, 0.6) is 0 Å². The minimum Gasteiger partial charge on any atom is -0.411 e. The highest BCUT2D eigenvalue weighted by atomic mass is 16.4. The molecule has 1 heterocycles. The Morgan fingerprint density at radius 2 is 2.18 bits per heavy atom. The Hall–Kier alpha value is -1.25. The molecule has 0 amide bonds. The molecule has 3 nitrogen and oxygen atoms in total. The van der Waals surface area contributed by atoms with Crippen molar-refractivity contribution >= 4 is 5.71 Å². The fourth-order valence-corrected chi connectivity index (χ4v) is 1.26. The van der Waals surface area contributed by atoms with Gasteiger partial charge in [-0.1, -0.05) is 5.16 Å². The topological polar surface area (TPSA) is 48.4 Å². The minimum atomic E-state index is 0.654. The Bertz CT molecular complexity index is 267. The van der Waals surface area contributed by atoms with E-state index >= 15 is 0 Å². The van der Waals surface area contributed by atoms with Gasteiger partial charge in [0, 0.05) is 17.5 Å². The van der Waals surface area contributed by atoms with Crippen LogP contribution in [0, 0.1) is 13.8 Å². The summed E-state index contributed by atoms with van der Waals surface area (Å²) < 4.78 is 0. The SMILES string of the molecule is C/C(=N\O)c1c(C)c[nH]c1C. The van der Waals surface area contributed by atoms with E-state index in [0.717, 1.165) is 16.8 Å². The molecule has 0 aliphatic rings. The minimum absolute atomic E-state index is 0.654. The van der Waals surface area contributed by atoms with Crippen LogP contribution in [-0.2, 0) is 0 Å². The van der Waals surface area contributed by atoms with E-state index in [1.54, 1.807) is 6.92 Å². The van der Waals surface area contributed by atoms with Gasteiger partial charge in [-0.3, -0.25) is 0 Å². The molecule has 0 aromatic carbocycles. The van der Waals surface area contributed by atoms with Gasteiger partial charge in [-0.15, -0.1) is 0 Å². The number of rotatable bonds is 1. The van der Waals surface area contributed by atoms with Crippen molar-refractivity contribution in [3.63, 3.8) is 0 Å². The fraction of sp³-hybridized carbons (Fsp3) is 0.375. The van der Waals surface area contributed by atoms with Gasteiger partial charge in [-0.2, -0.15) is 0 Å². The molecule has 1 aromatic heterocycles. The summed E-state index contributed by atoms with van der Waals surface area (Å²) in [5.74, 6) is 0. The molecule has 0 bridgehead atoms. The molecular weight excluding hydrogens is 140 g/mol. The van der Waals surface area contributed by atoms with Gasteiger partial charge in [0.15, 0.2) is 0 Å². The smallest absolute Gasteiger partial charge is 0.0857 e. The van der Waals surface area contributed by atoms with Crippen molar-refractivity contribution in [3.05, 3.63) is 23.0 Å². The molecule has 1 aromatic rings. The van der Waals surface area contributed by atoms with Gasteiger partial charge in [-0.25, -0.2) is 0 Å². The van der Waals surface area contributed by atoms with Crippen LogP contribution in [0.25, 0.3) is 0 Å². The molecule has 0 unspecified atom stereocenters. The Morgan fingerprint density at radius 1 is 1.55 bits per heavy atom. The zero-order chi connectivity index (χ0) is 8.43. The molecule has 0 spiro atoms. The van der Waals surface area contributed by atoms with E-state index in [4.69, 9.17) is 5.21 Å². The summed E-state index contributed by atoms with van der Waals surface area (Å²) in [7, 11) is 0. The molecule has 0 aliphatic heterocycles. The van der Waals surface area contributed by atoms with Crippen molar-refractivity contribution in [1.29, 1.82) is 0 Å². The number of aryl methyl sites for hydroxylation is 2. The van der Waals surface area contributed by atoms with E-state index in [9.17, 15) is 0 Å². The third-order valence-electron chi connectivity index (χ3n) is 1.79. The number of hydrogen-bond acceptors (Lipinski definition) is 2. The van der Waals surface area contributed by atoms with Crippen LogP contribution < -0.4 is 0 Å². The summed E-state index contributed by atoms with van der Waals surface area (Å²) in [6, 6.07) is 0. The Balaban J connectivity index is 3.21. The van der Waals surface area contributed by atoms with Gasteiger partial charge < -0.3 is 10.2 Å². The van der Waals surface area contributed by atoms with Gasteiger partial charge in [-0.05, 0) is 26.3 Å². The predicted octanol–water partition coefficient (Wildman–Crippen LogP) is 1.83. The monoisotopic (exact) mass is 152 g/mol. The summed E-state index contributed by atoms with van der Waals surface area (Å²) in [5, 5.41) is 11.7. The van der Waals surface area contributed by atoms with Gasteiger partial charge in [0.05, 0.1) is 5.71 Å². The van der Waals surface area contributed by atoms with Crippen molar-refractivity contribution in [2.75, 3.05) is 0 Å². The number of aromatic nitrogens is 1. The maximum absolute atomic E-state index is 8.53. The van der Waals surface area contributed by atoms with Crippen molar-refractivity contribution in [3.8, 4) is 0 Å². The highest BCUT2D eigenvalue weighted by Gasteiger charge is 2.06. The van der Waals surface area contributed by atoms with E-state index in [1.807, 2.05) is 20.0 Å². The molecule has 0 atom stereocenters. The van der Waals surface area contributed by atoms with Gasteiger partial charge in [0.2, 0.25) is 0 Å². The molecule has 11 heavy (non-hydrogen) atoms. The highest BCUT2D eigenvalue weighted by molar-refractivity contribution is 6.00. The number of oxime groups is 1. The lowest BCUT2D eigenvalue weighted by molar-refractivity contribution is 0.319. The third-order valence-corrected chi connectivity index (χ3v) is 1.79. The zero-order valence-electron chi connectivity index (χ0n) is 6.97. The first-order valence-corrected chi connectivity index (χ1v) is 3.50. The number of nitrogens with one attached hydrogen (secondary N) is 1. The lowest BCUT2D eigenvalue weighted by Crippen LogP contribution is -1.96. The maximum Gasteiger partial charge on any atom is 0.0857 e. The maximum atomic E-state index is 8.53. The summed E-state index contributed by atoms with van der Waals surface area (Å²) in [6.07, 6.45) is 1.90. The number of aromatic amines is 1. The lowest BCUT2D eigenvalue weighted by Gasteiger charge is -1.97. The molecule has 0 saturated heterocycles. The molecule has 2 N–H and O–H groups in total. The van der Waals surface area contributed by atoms with Crippen LogP contribution in [-0.4, -0.2) is 15.9 Å². The third kappa shape index (κ3) is 1.27. The molecule has 0 saturated carbocycles. The second kappa shape index (κ2) is 2.78. The first-order chi connectivity index (χ1) is 5.16. The van der Waals surface area contributed by atoms with E-state index in [2.05, 4.69) is 10.1 Å². The van der Waals surface area contributed by atoms with Crippen LogP contribution in [0.1, 0.15) is 23.7 Å². The zero-order valence-corrected chi connectivity index (χ0v) is 6.97. The van der Waals surface area contributed by atoms with Crippen molar-refractivity contribution in [2.24, 2.45) is 5.16 Å². The number of nitrogens with zero attached hydrogens (tertiary/aromatic N) is 1. The fourth-order valence-electron chi connectivity index (χ4n) is 1.26. The molecule has 60 valence electrons. The van der Waals surface area contributed by atoms with Crippen LogP contribution in [0.4, 0.5) is 0 Å². The summed E-state index contributed by atoms with van der Waals surface area (Å²) in [5.41, 5.74) is 3.81. The van der Waals surface area contributed by atoms with Crippen LogP contribution in [0.15, 0.2) is 11.4 Å². The summed E-state index contributed by atoms with van der Waals surface area (Å²) >= 11 is 0. The Kier molecular flexibility index (Phi) is 1.98. The summed E-state index contributed by atoms with van der Waals surface area (Å²) in [4.78, 5) is 3.06. The normalized spacial score (nSPS) is 12.1. The molecular formula is C8H12N2O. The van der Waals surface area contributed by atoms with Crippen molar-refractivity contribution in [1.82, 2.24) is 4.98 Å². The predicted molar refractivity (Wildman–Crippen MR) is 44.3 cm³/mol. The van der Waals surface area contributed by atoms with Crippen LogP contribution in [0.3, 0.4) is 0 Å². The van der Waals surface area contributed by atoms with Gasteiger partial charge >= 0.3 is 0 Å². The van der Waals surface area contributed by atoms with Gasteiger partial charge in [0.25, 0.3) is 0 Å². The second-order valence-corrected chi connectivity index (χ2v) is 2.66. The molecule has 0 fully saturated rings. The number of hydrogen-bond donors (Lipinski definition) is 2. The van der Waals surface area contributed by atoms with E-state index in [0.29, 0.717) is 5.71 Å².